The highest BCUT2D eigenvalue weighted by atomic mass is 16.5. The Labute approximate surface area is 98.7 Å². The number of rotatable bonds is 5. The van der Waals surface area contributed by atoms with Crippen LogP contribution in [0.2, 0.25) is 0 Å². The number of carbonyl (C=O) groups excluding carboxylic acids is 1. The molecule has 0 aromatic heterocycles. The van der Waals surface area contributed by atoms with Crippen LogP contribution in [0.3, 0.4) is 0 Å². The predicted octanol–water partition coefficient (Wildman–Crippen LogP) is 1.37. The lowest BCUT2D eigenvalue weighted by Gasteiger charge is -2.04. The lowest BCUT2D eigenvalue weighted by Crippen LogP contribution is -2.16. The molecule has 5 nitrogen and oxygen atoms in total. The third kappa shape index (κ3) is 4.94. The van der Waals surface area contributed by atoms with Gasteiger partial charge in [0.25, 0.3) is 0 Å². The minimum absolute atomic E-state index is 0.000663. The zero-order valence-corrected chi connectivity index (χ0v) is 9.34. The summed E-state index contributed by atoms with van der Waals surface area (Å²) in [4.78, 5) is 21.5. The first-order valence-electron chi connectivity index (χ1n) is 4.91. The van der Waals surface area contributed by atoms with Crippen LogP contribution in [0.5, 0.6) is 0 Å². The van der Waals surface area contributed by atoms with Crippen molar-refractivity contribution in [2.75, 3.05) is 19.0 Å². The van der Waals surface area contributed by atoms with Gasteiger partial charge in [0.05, 0.1) is 0 Å². The van der Waals surface area contributed by atoms with Crippen LogP contribution < -0.4 is 5.32 Å². The number of aliphatic carboxylic acids is 1. The fourth-order valence-electron chi connectivity index (χ4n) is 1.17. The molecule has 0 heterocycles. The molecule has 0 aliphatic carbocycles. The topological polar surface area (TPSA) is 75.6 Å². The largest absolute Gasteiger partial charge is 0.478 e. The highest BCUT2D eigenvalue weighted by Crippen LogP contribution is 2.10. The summed E-state index contributed by atoms with van der Waals surface area (Å²) in [5.41, 5.74) is 1.39. The van der Waals surface area contributed by atoms with Gasteiger partial charge in [-0.05, 0) is 23.8 Å². The minimum Gasteiger partial charge on any atom is -0.478 e. The lowest BCUT2D eigenvalue weighted by atomic mass is 10.2. The zero-order valence-electron chi connectivity index (χ0n) is 9.34. The smallest absolute Gasteiger partial charge is 0.328 e. The van der Waals surface area contributed by atoms with Crippen molar-refractivity contribution in [1.82, 2.24) is 0 Å². The summed E-state index contributed by atoms with van der Waals surface area (Å²) >= 11 is 0. The third-order valence-corrected chi connectivity index (χ3v) is 1.89. The molecule has 5 heteroatoms. The molecule has 1 aromatic carbocycles. The Morgan fingerprint density at radius 1 is 1.35 bits per heavy atom. The maximum atomic E-state index is 11.2. The molecule has 0 atom stereocenters. The summed E-state index contributed by atoms with van der Waals surface area (Å²) in [5.74, 6) is -1.23. The molecule has 2 N–H and O–H groups in total. The van der Waals surface area contributed by atoms with E-state index >= 15 is 0 Å². The molecule has 1 amide bonds. The van der Waals surface area contributed by atoms with Gasteiger partial charge >= 0.3 is 5.97 Å². The number of methoxy groups -OCH3 is 1. The van der Waals surface area contributed by atoms with Crippen LogP contribution in [-0.4, -0.2) is 30.7 Å². The number of carboxylic acids is 1. The fourth-order valence-corrected chi connectivity index (χ4v) is 1.17. The number of carbonyl (C=O) groups is 2. The number of amides is 1. The van der Waals surface area contributed by atoms with E-state index < -0.39 is 5.97 Å². The van der Waals surface area contributed by atoms with Crippen LogP contribution in [-0.2, 0) is 14.3 Å². The molecule has 0 bridgehead atoms. The van der Waals surface area contributed by atoms with E-state index in [0.717, 1.165) is 11.6 Å². The highest BCUT2D eigenvalue weighted by Gasteiger charge is 2.00. The average Bonchev–Trinajstić information content (AvgIpc) is 2.28. The molecule has 90 valence electrons. The molecule has 0 radical (unpaired) electrons. The van der Waals surface area contributed by atoms with Crippen molar-refractivity contribution < 1.29 is 19.4 Å². The Hall–Kier alpha value is -2.14. The van der Waals surface area contributed by atoms with Gasteiger partial charge in [0, 0.05) is 18.9 Å². The van der Waals surface area contributed by atoms with Crippen LogP contribution in [0.15, 0.2) is 30.3 Å². The fraction of sp³-hybridized carbons (Fsp3) is 0.167. The molecule has 0 unspecified atom stereocenters. The van der Waals surface area contributed by atoms with Crippen LogP contribution >= 0.6 is 0 Å². The van der Waals surface area contributed by atoms with Crippen molar-refractivity contribution in [2.45, 2.75) is 0 Å². The van der Waals surface area contributed by atoms with Gasteiger partial charge in [-0.1, -0.05) is 12.1 Å². The van der Waals surface area contributed by atoms with Gasteiger partial charge in [-0.25, -0.2) is 4.79 Å². The molecule has 0 spiro atoms. The predicted molar refractivity (Wildman–Crippen MR) is 63.6 cm³/mol. The molecule has 0 saturated carbocycles. The third-order valence-electron chi connectivity index (χ3n) is 1.89. The van der Waals surface area contributed by atoms with E-state index in [-0.39, 0.29) is 12.5 Å². The van der Waals surface area contributed by atoms with Gasteiger partial charge in [-0.15, -0.1) is 0 Å². The minimum atomic E-state index is -0.998. The van der Waals surface area contributed by atoms with E-state index in [1.54, 1.807) is 24.3 Å². The second-order valence-electron chi connectivity index (χ2n) is 3.27. The van der Waals surface area contributed by atoms with E-state index in [2.05, 4.69) is 10.1 Å². The summed E-state index contributed by atoms with van der Waals surface area (Å²) < 4.78 is 4.68. The van der Waals surface area contributed by atoms with Gasteiger partial charge in [0.1, 0.15) is 6.61 Å². The first kappa shape index (κ1) is 12.9. The second kappa shape index (κ2) is 6.44. The van der Waals surface area contributed by atoms with Gasteiger partial charge < -0.3 is 15.2 Å². The summed E-state index contributed by atoms with van der Waals surface area (Å²) in [5, 5.41) is 11.1. The average molecular weight is 235 g/mol. The van der Waals surface area contributed by atoms with Crippen LogP contribution in [0.1, 0.15) is 5.56 Å². The van der Waals surface area contributed by atoms with E-state index in [1.807, 2.05) is 0 Å². The Balaban J connectivity index is 2.62. The van der Waals surface area contributed by atoms with Crippen molar-refractivity contribution in [3.05, 3.63) is 35.9 Å². The zero-order chi connectivity index (χ0) is 12.7. The van der Waals surface area contributed by atoms with E-state index in [0.29, 0.717) is 5.69 Å². The Morgan fingerprint density at radius 2 is 2.00 bits per heavy atom. The molecule has 0 fully saturated rings. The molecule has 0 saturated heterocycles. The first-order chi connectivity index (χ1) is 8.11. The molecular formula is C12H13NO4. The van der Waals surface area contributed by atoms with Crippen molar-refractivity contribution >= 4 is 23.6 Å². The maximum absolute atomic E-state index is 11.2. The summed E-state index contributed by atoms with van der Waals surface area (Å²) in [6, 6.07) is 6.80. The molecule has 17 heavy (non-hydrogen) atoms. The van der Waals surface area contributed by atoms with Crippen molar-refractivity contribution in [3.63, 3.8) is 0 Å². The number of hydrogen-bond donors (Lipinski definition) is 2. The number of ether oxygens (including phenoxy) is 1. The normalized spacial score (nSPS) is 10.4. The first-order valence-corrected chi connectivity index (χ1v) is 4.91. The van der Waals surface area contributed by atoms with E-state index in [1.165, 1.54) is 13.2 Å². The van der Waals surface area contributed by atoms with Gasteiger partial charge in [0.2, 0.25) is 5.91 Å². The monoisotopic (exact) mass is 235 g/mol. The Kier molecular flexibility index (Phi) is 4.90. The summed E-state index contributed by atoms with van der Waals surface area (Å²) in [6.45, 7) is 0.000663. The summed E-state index contributed by atoms with van der Waals surface area (Å²) in [7, 11) is 1.44. The van der Waals surface area contributed by atoms with Crippen molar-refractivity contribution in [2.24, 2.45) is 0 Å². The number of anilines is 1. The van der Waals surface area contributed by atoms with Crippen LogP contribution in [0, 0.1) is 0 Å². The SMILES string of the molecule is COCC(=O)Nc1ccc(/C=C/C(=O)O)cc1. The summed E-state index contributed by atoms with van der Waals surface area (Å²) in [6.07, 6.45) is 2.53. The Morgan fingerprint density at radius 3 is 2.53 bits per heavy atom. The van der Waals surface area contributed by atoms with E-state index in [4.69, 9.17) is 5.11 Å². The Bertz CT molecular complexity index is 423. The number of nitrogens with one attached hydrogen (secondary N) is 1. The van der Waals surface area contributed by atoms with E-state index in [9.17, 15) is 9.59 Å². The van der Waals surface area contributed by atoms with Gasteiger partial charge in [0.15, 0.2) is 0 Å². The molecule has 1 aromatic rings. The second-order valence-corrected chi connectivity index (χ2v) is 3.27. The van der Waals surface area contributed by atoms with Crippen LogP contribution in [0.4, 0.5) is 5.69 Å². The molecular weight excluding hydrogens is 222 g/mol. The number of hydrogen-bond acceptors (Lipinski definition) is 3. The molecule has 0 aliphatic rings. The van der Waals surface area contributed by atoms with Gasteiger partial charge in [-0.3, -0.25) is 4.79 Å². The molecule has 1 rings (SSSR count). The number of carboxylic acid groups (broad SMARTS) is 1. The highest BCUT2D eigenvalue weighted by molar-refractivity contribution is 5.91. The molecule has 0 aliphatic heterocycles. The van der Waals surface area contributed by atoms with Crippen molar-refractivity contribution in [3.8, 4) is 0 Å². The lowest BCUT2D eigenvalue weighted by molar-refractivity contribution is -0.131. The number of benzene rings is 1. The quantitative estimate of drug-likeness (QED) is 0.756. The maximum Gasteiger partial charge on any atom is 0.328 e. The standard InChI is InChI=1S/C12H13NO4/c1-17-8-11(14)13-10-5-2-9(3-6-10)4-7-12(15)16/h2-7H,8H2,1H3,(H,13,14)(H,15,16)/b7-4+. The van der Waals surface area contributed by atoms with Crippen LogP contribution in [0.25, 0.3) is 6.08 Å². The van der Waals surface area contributed by atoms with Crippen molar-refractivity contribution in [1.29, 1.82) is 0 Å². The van der Waals surface area contributed by atoms with Gasteiger partial charge in [-0.2, -0.15) is 0 Å².